The highest BCUT2D eigenvalue weighted by Gasteiger charge is 2.25. The number of aliphatic carboxylic acids is 1. The van der Waals surface area contributed by atoms with Crippen LogP contribution < -0.4 is 5.43 Å². The van der Waals surface area contributed by atoms with Gasteiger partial charge in [-0.2, -0.15) is 0 Å². The Hall–Kier alpha value is -1.34. The highest BCUT2D eigenvalue weighted by Crippen LogP contribution is 2.21. The summed E-state index contributed by atoms with van der Waals surface area (Å²) >= 11 is 0. The molecule has 2 aliphatic heterocycles. The van der Waals surface area contributed by atoms with Crippen LogP contribution in [0, 0.1) is 5.92 Å². The van der Waals surface area contributed by atoms with Gasteiger partial charge in [0.25, 0.3) is 0 Å². The van der Waals surface area contributed by atoms with E-state index < -0.39 is 5.97 Å². The number of carboxylic acids is 1. The van der Waals surface area contributed by atoms with Gasteiger partial charge in [-0.3, -0.25) is 10.2 Å². The van der Waals surface area contributed by atoms with Crippen molar-refractivity contribution in [3.05, 3.63) is 0 Å². The average molecular weight is 298 g/mol. The van der Waals surface area contributed by atoms with Crippen LogP contribution in [0.5, 0.6) is 0 Å². The van der Waals surface area contributed by atoms with Gasteiger partial charge in [-0.25, -0.2) is 9.80 Å². The zero-order chi connectivity index (χ0) is 15.2. The third-order valence-corrected chi connectivity index (χ3v) is 4.33. The first-order valence-corrected chi connectivity index (χ1v) is 7.75. The van der Waals surface area contributed by atoms with Crippen LogP contribution in [0.1, 0.15) is 25.7 Å². The van der Waals surface area contributed by atoms with Crippen LogP contribution in [-0.2, 0) is 4.79 Å². The molecule has 0 radical (unpaired) electrons. The Bertz CT molecular complexity index is 369. The molecule has 0 aromatic heterocycles. The van der Waals surface area contributed by atoms with Crippen molar-refractivity contribution in [1.29, 1.82) is 0 Å². The van der Waals surface area contributed by atoms with Gasteiger partial charge >= 0.3 is 12.0 Å². The van der Waals surface area contributed by atoms with Crippen LogP contribution in [0.25, 0.3) is 0 Å². The highest BCUT2D eigenvalue weighted by atomic mass is 16.4. The molecule has 0 aromatic carbocycles. The molecule has 2 N–H and O–H groups in total. The zero-order valence-electron chi connectivity index (χ0n) is 12.8. The van der Waals surface area contributed by atoms with E-state index >= 15 is 0 Å². The molecule has 0 saturated carbocycles. The second-order valence-corrected chi connectivity index (χ2v) is 6.09. The van der Waals surface area contributed by atoms with E-state index in [1.54, 1.807) is 0 Å². The van der Waals surface area contributed by atoms with Gasteiger partial charge in [0.05, 0.1) is 0 Å². The molecule has 2 saturated heterocycles. The van der Waals surface area contributed by atoms with Gasteiger partial charge in [-0.15, -0.1) is 0 Å². The maximum Gasteiger partial charge on any atom is 0.331 e. The summed E-state index contributed by atoms with van der Waals surface area (Å²) in [4.78, 5) is 27.0. The number of carbonyl (C=O) groups is 2. The quantitative estimate of drug-likeness (QED) is 0.787. The SMILES string of the molecule is CN1CCN(NC(=O)N2CCCC(CCC(=O)O)C2)CC1. The molecule has 0 spiro atoms. The van der Waals surface area contributed by atoms with Crippen LogP contribution in [0.15, 0.2) is 0 Å². The summed E-state index contributed by atoms with van der Waals surface area (Å²) in [6.07, 6.45) is 2.83. The van der Waals surface area contributed by atoms with Crippen molar-refractivity contribution < 1.29 is 14.7 Å². The molecule has 0 aromatic rings. The minimum atomic E-state index is -0.756. The number of nitrogens with zero attached hydrogens (tertiary/aromatic N) is 3. The molecule has 1 unspecified atom stereocenters. The molecule has 1 atom stereocenters. The van der Waals surface area contributed by atoms with Crippen molar-refractivity contribution in [1.82, 2.24) is 20.2 Å². The molecule has 2 rings (SSSR count). The van der Waals surface area contributed by atoms with E-state index in [9.17, 15) is 9.59 Å². The minimum Gasteiger partial charge on any atom is -0.481 e. The maximum absolute atomic E-state index is 12.3. The molecule has 7 heteroatoms. The normalized spacial score (nSPS) is 24.8. The number of piperazine rings is 1. The molecule has 7 nitrogen and oxygen atoms in total. The lowest BCUT2D eigenvalue weighted by molar-refractivity contribution is -0.137. The number of hydrogen-bond acceptors (Lipinski definition) is 4. The largest absolute Gasteiger partial charge is 0.481 e. The van der Waals surface area contributed by atoms with E-state index in [0.29, 0.717) is 18.9 Å². The fourth-order valence-electron chi connectivity index (χ4n) is 2.94. The van der Waals surface area contributed by atoms with Gasteiger partial charge in [-0.05, 0) is 32.2 Å². The van der Waals surface area contributed by atoms with Gasteiger partial charge in [-0.1, -0.05) is 0 Å². The van der Waals surface area contributed by atoms with Crippen molar-refractivity contribution >= 4 is 12.0 Å². The van der Waals surface area contributed by atoms with Gasteiger partial charge in [0.2, 0.25) is 0 Å². The molecular weight excluding hydrogens is 272 g/mol. The monoisotopic (exact) mass is 298 g/mol. The predicted octanol–water partition coefficient (Wildman–Crippen LogP) is 0.435. The van der Waals surface area contributed by atoms with E-state index in [0.717, 1.165) is 45.6 Å². The van der Waals surface area contributed by atoms with Crippen LogP contribution in [0.4, 0.5) is 4.79 Å². The minimum absolute atomic E-state index is 0.0421. The van der Waals surface area contributed by atoms with Crippen LogP contribution in [0.2, 0.25) is 0 Å². The summed E-state index contributed by atoms with van der Waals surface area (Å²) in [7, 11) is 2.08. The van der Waals surface area contributed by atoms with Gasteiger partial charge in [0.15, 0.2) is 0 Å². The zero-order valence-corrected chi connectivity index (χ0v) is 12.8. The number of likely N-dealkylation sites (tertiary alicyclic amines) is 1. The number of carboxylic acid groups (broad SMARTS) is 1. The number of hydrogen-bond donors (Lipinski definition) is 2. The van der Waals surface area contributed by atoms with Crippen molar-refractivity contribution in [2.75, 3.05) is 46.3 Å². The van der Waals surface area contributed by atoms with E-state index in [4.69, 9.17) is 5.11 Å². The molecule has 2 fully saturated rings. The Morgan fingerprint density at radius 1 is 1.19 bits per heavy atom. The topological polar surface area (TPSA) is 76.1 Å². The number of piperidine rings is 1. The second kappa shape index (κ2) is 7.61. The Balaban J connectivity index is 1.75. The lowest BCUT2D eigenvalue weighted by Gasteiger charge is -2.37. The third-order valence-electron chi connectivity index (χ3n) is 4.33. The summed E-state index contributed by atoms with van der Waals surface area (Å²) in [6.45, 7) is 5.05. The van der Waals surface area contributed by atoms with Crippen LogP contribution >= 0.6 is 0 Å². The van der Waals surface area contributed by atoms with Crippen molar-refractivity contribution in [2.24, 2.45) is 5.92 Å². The van der Waals surface area contributed by atoms with E-state index in [1.165, 1.54) is 0 Å². The first-order chi connectivity index (χ1) is 10.0. The smallest absolute Gasteiger partial charge is 0.331 e. The molecule has 0 aliphatic carbocycles. The summed E-state index contributed by atoms with van der Waals surface area (Å²) < 4.78 is 0. The molecule has 2 amide bonds. The summed E-state index contributed by atoms with van der Waals surface area (Å²) in [5.41, 5.74) is 2.97. The Labute approximate surface area is 125 Å². The Kier molecular flexibility index (Phi) is 5.81. The maximum atomic E-state index is 12.3. The van der Waals surface area contributed by atoms with Gasteiger partial charge in [0.1, 0.15) is 0 Å². The van der Waals surface area contributed by atoms with Crippen molar-refractivity contribution in [3.63, 3.8) is 0 Å². The lowest BCUT2D eigenvalue weighted by Crippen LogP contribution is -2.56. The lowest BCUT2D eigenvalue weighted by atomic mass is 9.93. The number of amides is 2. The van der Waals surface area contributed by atoms with E-state index in [1.807, 2.05) is 9.91 Å². The first-order valence-electron chi connectivity index (χ1n) is 7.75. The molecule has 21 heavy (non-hydrogen) atoms. The number of rotatable bonds is 4. The van der Waals surface area contributed by atoms with E-state index in [2.05, 4.69) is 17.4 Å². The number of likely N-dealkylation sites (N-methyl/N-ethyl adjacent to an activating group) is 1. The fraction of sp³-hybridized carbons (Fsp3) is 0.857. The standard InChI is InChI=1S/C14H26N4O3/c1-16-7-9-18(10-8-16)15-14(21)17-6-2-3-12(11-17)4-5-13(19)20/h12H,2-11H2,1H3,(H,15,21)(H,19,20). The molecule has 120 valence electrons. The molecule has 0 bridgehead atoms. The number of nitrogens with one attached hydrogen (secondary N) is 1. The third kappa shape index (κ3) is 5.17. The molecule has 2 aliphatic rings. The van der Waals surface area contributed by atoms with Crippen molar-refractivity contribution in [2.45, 2.75) is 25.7 Å². The summed E-state index contributed by atoms with van der Waals surface area (Å²) in [5.74, 6) is -0.442. The van der Waals surface area contributed by atoms with Gasteiger partial charge < -0.3 is 14.9 Å². The van der Waals surface area contributed by atoms with E-state index in [-0.39, 0.29) is 12.5 Å². The Morgan fingerprint density at radius 2 is 1.90 bits per heavy atom. The predicted molar refractivity (Wildman–Crippen MR) is 78.8 cm³/mol. The highest BCUT2D eigenvalue weighted by molar-refractivity contribution is 5.73. The summed E-state index contributed by atoms with van der Waals surface area (Å²) in [5, 5.41) is 10.7. The number of carbonyl (C=O) groups excluding carboxylic acids is 1. The average Bonchev–Trinajstić information content (AvgIpc) is 2.48. The molecule has 2 heterocycles. The van der Waals surface area contributed by atoms with Crippen molar-refractivity contribution in [3.8, 4) is 0 Å². The second-order valence-electron chi connectivity index (χ2n) is 6.09. The number of urea groups is 1. The van der Waals surface area contributed by atoms with Gasteiger partial charge in [0, 0.05) is 45.7 Å². The Morgan fingerprint density at radius 3 is 2.57 bits per heavy atom. The van der Waals surface area contributed by atoms with Crippen LogP contribution in [-0.4, -0.2) is 78.2 Å². The first kappa shape index (κ1) is 16.0. The van der Waals surface area contributed by atoms with Crippen LogP contribution in [0.3, 0.4) is 0 Å². The fourth-order valence-corrected chi connectivity index (χ4v) is 2.94. The summed E-state index contributed by atoms with van der Waals surface area (Å²) in [6, 6.07) is -0.0421. The molecular formula is C14H26N4O3. The number of hydrazine groups is 1.